The summed E-state index contributed by atoms with van der Waals surface area (Å²) in [5.74, 6) is -3.72. The number of hydrogen-bond donors (Lipinski definition) is 2. The van der Waals surface area contributed by atoms with Crippen LogP contribution in [0.25, 0.3) is 0 Å². The van der Waals surface area contributed by atoms with E-state index < -0.39 is 41.3 Å². The smallest absolute Gasteiger partial charge is 0.319 e. The third-order valence-corrected chi connectivity index (χ3v) is 7.44. The van der Waals surface area contributed by atoms with Gasteiger partial charge in [-0.25, -0.2) is 0 Å². The van der Waals surface area contributed by atoms with Crippen molar-refractivity contribution in [2.75, 3.05) is 34.4 Å². The second-order valence-corrected chi connectivity index (χ2v) is 10.9. The number of esters is 1. The highest BCUT2D eigenvalue weighted by atomic mass is 16.7. The number of likely N-dealkylation sites (N-methyl/N-ethyl adjacent to an activating group) is 1. The predicted octanol–water partition coefficient (Wildman–Crippen LogP) is 2.12. The lowest BCUT2D eigenvalue weighted by Crippen LogP contribution is -2.57. The number of ether oxygens (including phenoxy) is 4. The van der Waals surface area contributed by atoms with Crippen LogP contribution >= 0.6 is 0 Å². The van der Waals surface area contributed by atoms with Crippen LogP contribution in [0.2, 0.25) is 0 Å². The molecular formula is C26H46N2O7. The predicted molar refractivity (Wildman–Crippen MR) is 133 cm³/mol. The molecule has 0 aromatic heterocycles. The van der Waals surface area contributed by atoms with Crippen molar-refractivity contribution in [2.24, 2.45) is 17.3 Å². The van der Waals surface area contributed by atoms with Crippen LogP contribution < -0.4 is 5.32 Å². The van der Waals surface area contributed by atoms with Gasteiger partial charge in [-0.05, 0) is 47.2 Å². The minimum atomic E-state index is -1.79. The third kappa shape index (κ3) is 7.11. The molecule has 2 saturated heterocycles. The first-order valence-electron chi connectivity index (χ1n) is 12.6. The number of nitrogens with one attached hydrogen (secondary N) is 1. The molecule has 2 heterocycles. The van der Waals surface area contributed by atoms with E-state index in [4.69, 9.17) is 18.9 Å². The molecule has 202 valence electrons. The van der Waals surface area contributed by atoms with E-state index in [1.165, 1.54) is 7.11 Å². The molecule has 2 N–H and O–H groups in total. The molecule has 9 heteroatoms. The lowest BCUT2D eigenvalue weighted by Gasteiger charge is -2.43. The Balaban J connectivity index is 2.48. The highest BCUT2D eigenvalue weighted by Gasteiger charge is 2.51. The molecule has 9 nitrogen and oxygen atoms in total. The fraction of sp³-hybridized carbons (Fsp3) is 0.846. The standard InChI is InChI=1S/C26H46N2O7/c1-10-20-15-33-24(30)25(5,6)22(29)18(4)23(26(31,32-9)13-16(2)14-28(20)8)35-21-12-19(27-7)11-17(3)34-21/h10,16-21,23,27,31H,1,11-15H2,2-9H3/t16-,17-,18+,19+,20-,21?,23-,26-/m1/s1. The van der Waals surface area contributed by atoms with Crippen molar-refractivity contribution >= 4 is 11.8 Å². The van der Waals surface area contributed by atoms with Crippen molar-refractivity contribution in [3.8, 4) is 0 Å². The lowest BCUT2D eigenvalue weighted by atomic mass is 9.77. The zero-order valence-corrected chi connectivity index (χ0v) is 22.7. The van der Waals surface area contributed by atoms with Gasteiger partial charge >= 0.3 is 5.97 Å². The van der Waals surface area contributed by atoms with E-state index in [9.17, 15) is 14.7 Å². The molecule has 2 aliphatic rings. The maximum Gasteiger partial charge on any atom is 0.319 e. The number of nitrogens with zero attached hydrogens (tertiary/aromatic N) is 1. The molecule has 2 rings (SSSR count). The monoisotopic (exact) mass is 498 g/mol. The zero-order valence-electron chi connectivity index (χ0n) is 22.7. The molecule has 2 aliphatic heterocycles. The first-order chi connectivity index (χ1) is 16.3. The van der Waals surface area contributed by atoms with E-state index in [2.05, 4.69) is 11.9 Å². The number of hydrogen-bond acceptors (Lipinski definition) is 9. The van der Waals surface area contributed by atoms with Crippen molar-refractivity contribution in [1.29, 1.82) is 0 Å². The van der Waals surface area contributed by atoms with Crippen LogP contribution in [0.3, 0.4) is 0 Å². The number of Topliss-reactive ketones (excluding diaryl/α,β-unsaturated/α-hetero) is 1. The zero-order chi connectivity index (χ0) is 26.6. The van der Waals surface area contributed by atoms with Gasteiger partial charge in [-0.1, -0.05) is 19.9 Å². The molecule has 8 atom stereocenters. The lowest BCUT2D eigenvalue weighted by molar-refractivity contribution is -0.317. The molecule has 0 bridgehead atoms. The van der Waals surface area contributed by atoms with Crippen molar-refractivity contribution in [3.05, 3.63) is 12.7 Å². The highest BCUT2D eigenvalue weighted by Crippen LogP contribution is 2.36. The van der Waals surface area contributed by atoms with Gasteiger partial charge in [0.25, 0.3) is 0 Å². The van der Waals surface area contributed by atoms with Gasteiger partial charge in [-0.2, -0.15) is 0 Å². The molecule has 0 radical (unpaired) electrons. The van der Waals surface area contributed by atoms with Gasteiger partial charge in [0, 0.05) is 38.5 Å². The van der Waals surface area contributed by atoms with Gasteiger partial charge in [0.05, 0.1) is 12.1 Å². The first kappa shape index (κ1) is 29.9. The summed E-state index contributed by atoms with van der Waals surface area (Å²) >= 11 is 0. The second-order valence-electron chi connectivity index (χ2n) is 10.9. The summed E-state index contributed by atoms with van der Waals surface area (Å²) in [5.41, 5.74) is -1.45. The van der Waals surface area contributed by atoms with Gasteiger partial charge in [0.1, 0.15) is 18.1 Å². The normalized spacial score (nSPS) is 40.2. The first-order valence-corrected chi connectivity index (χ1v) is 12.6. The number of carbonyl (C=O) groups is 2. The van der Waals surface area contributed by atoms with Crippen LogP contribution in [0, 0.1) is 17.3 Å². The fourth-order valence-corrected chi connectivity index (χ4v) is 5.23. The maximum atomic E-state index is 13.7. The minimum Gasteiger partial charge on any atom is -0.463 e. The van der Waals surface area contributed by atoms with Gasteiger partial charge < -0.3 is 29.4 Å². The Morgan fingerprint density at radius 1 is 1.23 bits per heavy atom. The number of cyclic esters (lactones) is 1. The van der Waals surface area contributed by atoms with E-state index in [1.807, 2.05) is 32.8 Å². The number of ketones is 1. The topological polar surface area (TPSA) is 107 Å². The van der Waals surface area contributed by atoms with E-state index in [0.717, 1.165) is 6.42 Å². The summed E-state index contributed by atoms with van der Waals surface area (Å²) < 4.78 is 23.6. The van der Waals surface area contributed by atoms with Gasteiger partial charge in [0.2, 0.25) is 0 Å². The van der Waals surface area contributed by atoms with Crippen molar-refractivity contribution in [3.63, 3.8) is 0 Å². The van der Waals surface area contributed by atoms with Crippen molar-refractivity contribution in [2.45, 2.75) is 90.2 Å². The maximum absolute atomic E-state index is 13.7. The quantitative estimate of drug-likeness (QED) is 0.255. The average molecular weight is 499 g/mol. The molecule has 0 spiro atoms. The third-order valence-electron chi connectivity index (χ3n) is 7.44. The van der Waals surface area contributed by atoms with Gasteiger partial charge in [-0.3, -0.25) is 14.5 Å². The number of rotatable bonds is 5. The molecule has 0 aromatic rings. The van der Waals surface area contributed by atoms with Crippen LogP contribution in [-0.4, -0.2) is 92.5 Å². The number of carbonyl (C=O) groups excluding carboxylic acids is 2. The van der Waals surface area contributed by atoms with Crippen LogP contribution in [0.5, 0.6) is 0 Å². The molecule has 1 unspecified atom stereocenters. The Bertz CT molecular complexity index is 745. The minimum absolute atomic E-state index is 0.0403. The second kappa shape index (κ2) is 12.3. The summed E-state index contributed by atoms with van der Waals surface area (Å²) in [4.78, 5) is 28.7. The van der Waals surface area contributed by atoms with Crippen LogP contribution in [0.15, 0.2) is 12.7 Å². The van der Waals surface area contributed by atoms with E-state index in [-0.39, 0.29) is 37.1 Å². The van der Waals surface area contributed by atoms with Crippen LogP contribution in [-0.2, 0) is 28.5 Å². The van der Waals surface area contributed by atoms with E-state index in [1.54, 1.807) is 26.8 Å². The molecule has 0 amide bonds. The van der Waals surface area contributed by atoms with Crippen molar-refractivity contribution < 1.29 is 33.6 Å². The molecule has 2 fully saturated rings. The molecule has 35 heavy (non-hydrogen) atoms. The molecule has 0 aliphatic carbocycles. The Labute approximate surface area is 210 Å². The van der Waals surface area contributed by atoms with Crippen LogP contribution in [0.1, 0.15) is 53.9 Å². The summed E-state index contributed by atoms with van der Waals surface area (Å²) in [5, 5.41) is 15.1. The summed E-state index contributed by atoms with van der Waals surface area (Å²) in [6.07, 6.45) is 1.55. The number of aliphatic hydroxyl groups is 1. The average Bonchev–Trinajstić information content (AvgIpc) is 2.80. The van der Waals surface area contributed by atoms with Gasteiger partial charge in [0.15, 0.2) is 17.9 Å². The van der Waals surface area contributed by atoms with Crippen molar-refractivity contribution in [1.82, 2.24) is 10.2 Å². The molecule has 0 aromatic carbocycles. The molecule has 0 saturated carbocycles. The van der Waals surface area contributed by atoms with Crippen LogP contribution in [0.4, 0.5) is 0 Å². The SMILES string of the molecule is C=C[C@@H]1COC(=O)C(C)(C)C(=O)[C@H](C)[C@@H](OC2C[C@@H](NC)C[C@@H](C)O2)[C@](O)(OC)C[C@@H](C)CN1C. The highest BCUT2D eigenvalue weighted by molar-refractivity contribution is 6.04. The fourth-order valence-electron chi connectivity index (χ4n) is 5.23. The van der Waals surface area contributed by atoms with E-state index in [0.29, 0.717) is 13.0 Å². The van der Waals surface area contributed by atoms with E-state index >= 15 is 0 Å². The number of methoxy groups -OCH3 is 1. The summed E-state index contributed by atoms with van der Waals surface area (Å²) in [6, 6.07) is -0.0567. The molecular weight excluding hydrogens is 452 g/mol. The summed E-state index contributed by atoms with van der Waals surface area (Å²) in [7, 11) is 5.21. The largest absolute Gasteiger partial charge is 0.463 e. The Morgan fingerprint density at radius 3 is 2.46 bits per heavy atom. The Kier molecular flexibility index (Phi) is 10.5. The van der Waals surface area contributed by atoms with Gasteiger partial charge in [-0.15, -0.1) is 6.58 Å². The Hall–Kier alpha value is -1.36. The summed E-state index contributed by atoms with van der Waals surface area (Å²) in [6.45, 7) is 13.2. The Morgan fingerprint density at radius 2 is 1.89 bits per heavy atom.